The normalized spacial score (nSPS) is 14.1. The molecule has 0 aromatic heterocycles. The second-order valence-electron chi connectivity index (χ2n) is 7.93. The third kappa shape index (κ3) is 7.80. The van der Waals surface area contributed by atoms with Crippen molar-refractivity contribution in [2.45, 2.75) is 18.2 Å². The minimum absolute atomic E-state index is 0.0740. The predicted molar refractivity (Wildman–Crippen MR) is 131 cm³/mol. The summed E-state index contributed by atoms with van der Waals surface area (Å²) in [6, 6.07) is 13.5. The van der Waals surface area contributed by atoms with Gasteiger partial charge in [-0.25, -0.2) is 13.6 Å². The summed E-state index contributed by atoms with van der Waals surface area (Å²) in [5, 5.41) is 10.7. The molecule has 11 heteroatoms. The van der Waals surface area contributed by atoms with E-state index in [4.69, 9.17) is 9.88 Å². The fraction of sp³-hybridized carbons (Fsp3) is 0.391. The topological polar surface area (TPSA) is 134 Å². The first-order valence-electron chi connectivity index (χ1n) is 11.1. The minimum atomic E-state index is -3.85. The van der Waals surface area contributed by atoms with Crippen LogP contribution in [0.5, 0.6) is 0 Å². The molecule has 1 heterocycles. The van der Waals surface area contributed by atoms with Gasteiger partial charge in [-0.05, 0) is 49.0 Å². The summed E-state index contributed by atoms with van der Waals surface area (Å²) in [5.41, 5.74) is 2.15. The maximum Gasteiger partial charge on any atom is 0.238 e. The molecule has 1 saturated heterocycles. The lowest BCUT2D eigenvalue weighted by Crippen LogP contribution is -2.36. The Morgan fingerprint density at radius 3 is 2.35 bits per heavy atom. The number of rotatable bonds is 10. The van der Waals surface area contributed by atoms with Crippen LogP contribution in [0.25, 0.3) is 0 Å². The number of carbonyl (C=O) groups excluding carboxylic acids is 2. The number of sulfonamides is 1. The van der Waals surface area contributed by atoms with Gasteiger partial charge in [0.1, 0.15) is 0 Å². The minimum Gasteiger partial charge on any atom is -0.378 e. The zero-order valence-corrected chi connectivity index (χ0v) is 20.0. The number of nitrogens with zero attached hydrogens (tertiary/aromatic N) is 2. The van der Waals surface area contributed by atoms with Gasteiger partial charge in [0.2, 0.25) is 21.8 Å². The van der Waals surface area contributed by atoms with Crippen molar-refractivity contribution in [3.63, 3.8) is 0 Å². The highest BCUT2D eigenvalue weighted by Gasteiger charge is 2.14. The molecule has 4 N–H and O–H groups in total. The molecule has 3 rings (SSSR count). The summed E-state index contributed by atoms with van der Waals surface area (Å²) in [6.07, 6.45) is 0.148. The number of primary sulfonamides is 1. The molecule has 2 aromatic rings. The summed E-state index contributed by atoms with van der Waals surface area (Å²) in [6.45, 7) is 6.16. The van der Waals surface area contributed by atoms with Crippen molar-refractivity contribution < 1.29 is 22.7 Å². The van der Waals surface area contributed by atoms with E-state index in [0.717, 1.165) is 18.8 Å². The largest absolute Gasteiger partial charge is 0.378 e. The summed E-state index contributed by atoms with van der Waals surface area (Å²) >= 11 is 0. The van der Waals surface area contributed by atoms with E-state index in [1.807, 2.05) is 36.1 Å². The van der Waals surface area contributed by atoms with E-state index in [0.29, 0.717) is 37.7 Å². The van der Waals surface area contributed by atoms with Gasteiger partial charge in [0.05, 0.1) is 24.7 Å². The Balaban J connectivity index is 1.45. The van der Waals surface area contributed by atoms with Crippen molar-refractivity contribution in [1.82, 2.24) is 4.90 Å². The van der Waals surface area contributed by atoms with Crippen LogP contribution in [0.1, 0.15) is 13.3 Å². The van der Waals surface area contributed by atoms with E-state index in [2.05, 4.69) is 15.5 Å². The molecule has 0 radical (unpaired) electrons. The van der Waals surface area contributed by atoms with Gasteiger partial charge in [0.25, 0.3) is 0 Å². The summed E-state index contributed by atoms with van der Waals surface area (Å²) in [4.78, 5) is 28.8. The molecular weight excluding hydrogens is 458 g/mol. The third-order valence-electron chi connectivity index (χ3n) is 5.44. The molecule has 34 heavy (non-hydrogen) atoms. The lowest BCUT2D eigenvalue weighted by molar-refractivity contribution is -0.119. The molecule has 2 amide bonds. The highest BCUT2D eigenvalue weighted by atomic mass is 32.2. The number of amides is 2. The van der Waals surface area contributed by atoms with Gasteiger partial charge < -0.3 is 20.3 Å². The van der Waals surface area contributed by atoms with Crippen molar-refractivity contribution in [2.24, 2.45) is 5.14 Å². The van der Waals surface area contributed by atoms with Gasteiger partial charge in [-0.15, -0.1) is 0 Å². The Labute approximate surface area is 200 Å². The van der Waals surface area contributed by atoms with Crippen LogP contribution in [-0.2, 0) is 24.3 Å². The van der Waals surface area contributed by atoms with Gasteiger partial charge >= 0.3 is 0 Å². The molecule has 0 aliphatic carbocycles. The van der Waals surface area contributed by atoms with Crippen molar-refractivity contribution >= 4 is 38.9 Å². The zero-order chi connectivity index (χ0) is 24.6. The lowest BCUT2D eigenvalue weighted by Gasteiger charge is -2.29. The lowest BCUT2D eigenvalue weighted by atomic mass is 10.2. The fourth-order valence-corrected chi connectivity index (χ4v) is 4.12. The van der Waals surface area contributed by atoms with Crippen molar-refractivity contribution in [3.8, 4) is 0 Å². The van der Waals surface area contributed by atoms with Crippen molar-refractivity contribution in [2.75, 3.05) is 61.5 Å². The van der Waals surface area contributed by atoms with Crippen LogP contribution in [0.15, 0.2) is 53.4 Å². The SMILES string of the molecule is CCN(CCC(=O)Nc1cccc(S(N)(=O)=O)c1)CC(=O)Nc1ccc(N2CCOCC2)cc1. The van der Waals surface area contributed by atoms with Gasteiger partial charge in [-0.3, -0.25) is 14.5 Å². The van der Waals surface area contributed by atoms with Crippen LogP contribution in [0, 0.1) is 0 Å². The first-order chi connectivity index (χ1) is 16.2. The highest BCUT2D eigenvalue weighted by Crippen LogP contribution is 2.19. The average Bonchev–Trinajstić information content (AvgIpc) is 2.82. The molecule has 2 aromatic carbocycles. The molecule has 0 bridgehead atoms. The van der Waals surface area contributed by atoms with E-state index in [9.17, 15) is 18.0 Å². The Kier molecular flexibility index (Phi) is 8.99. The van der Waals surface area contributed by atoms with Crippen LogP contribution in [0.3, 0.4) is 0 Å². The van der Waals surface area contributed by atoms with Gasteiger partial charge in [0.15, 0.2) is 0 Å². The van der Waals surface area contributed by atoms with Gasteiger partial charge in [0, 0.05) is 43.1 Å². The molecule has 0 saturated carbocycles. The Hall–Kier alpha value is -2.99. The van der Waals surface area contributed by atoms with Crippen LogP contribution in [0.2, 0.25) is 0 Å². The number of benzene rings is 2. The van der Waals surface area contributed by atoms with E-state index in [-0.39, 0.29) is 29.7 Å². The number of carbonyl (C=O) groups is 2. The molecule has 1 aliphatic heterocycles. The average molecular weight is 490 g/mol. The van der Waals surface area contributed by atoms with Crippen LogP contribution >= 0.6 is 0 Å². The quantitative estimate of drug-likeness (QED) is 0.460. The fourth-order valence-electron chi connectivity index (χ4n) is 3.56. The molecule has 0 unspecified atom stereocenters. The molecule has 0 atom stereocenters. The first-order valence-corrected chi connectivity index (χ1v) is 12.7. The maximum absolute atomic E-state index is 12.5. The number of nitrogens with one attached hydrogen (secondary N) is 2. The van der Waals surface area contributed by atoms with E-state index < -0.39 is 10.0 Å². The van der Waals surface area contributed by atoms with Crippen LogP contribution in [-0.4, -0.2) is 71.1 Å². The Morgan fingerprint density at radius 1 is 1.03 bits per heavy atom. The number of hydrogen-bond acceptors (Lipinski definition) is 7. The molecular formula is C23H31N5O5S. The maximum atomic E-state index is 12.5. The number of likely N-dealkylation sites (N-methyl/N-ethyl adjacent to an activating group) is 1. The van der Waals surface area contributed by atoms with Crippen LogP contribution < -0.4 is 20.7 Å². The van der Waals surface area contributed by atoms with E-state index in [1.54, 1.807) is 6.07 Å². The molecule has 1 aliphatic rings. The van der Waals surface area contributed by atoms with Gasteiger partial charge in [-0.2, -0.15) is 0 Å². The summed E-state index contributed by atoms with van der Waals surface area (Å²) < 4.78 is 28.3. The number of anilines is 3. The summed E-state index contributed by atoms with van der Waals surface area (Å²) in [7, 11) is -3.85. The third-order valence-corrected chi connectivity index (χ3v) is 6.35. The number of hydrogen-bond donors (Lipinski definition) is 3. The van der Waals surface area contributed by atoms with Crippen LogP contribution in [0.4, 0.5) is 17.1 Å². The van der Waals surface area contributed by atoms with E-state index >= 15 is 0 Å². The molecule has 10 nitrogen and oxygen atoms in total. The first kappa shape index (κ1) is 25.6. The zero-order valence-electron chi connectivity index (χ0n) is 19.2. The standard InChI is InChI=1S/C23H31N5O5S/c1-2-27(11-10-22(29)26-19-4-3-5-21(16-19)34(24,31)32)17-23(30)25-18-6-8-20(9-7-18)28-12-14-33-15-13-28/h3-9,16H,2,10-15,17H2,1H3,(H,25,30)(H,26,29)(H2,24,31,32). The monoisotopic (exact) mass is 489 g/mol. The van der Waals surface area contributed by atoms with Gasteiger partial charge in [-0.1, -0.05) is 13.0 Å². The Bertz CT molecular complexity index is 1090. The predicted octanol–water partition coefficient (Wildman–Crippen LogP) is 1.46. The van der Waals surface area contributed by atoms with Crippen molar-refractivity contribution in [1.29, 1.82) is 0 Å². The molecule has 0 spiro atoms. The smallest absolute Gasteiger partial charge is 0.238 e. The summed E-state index contributed by atoms with van der Waals surface area (Å²) in [5.74, 6) is -0.452. The number of nitrogens with two attached hydrogens (primary N) is 1. The molecule has 1 fully saturated rings. The highest BCUT2D eigenvalue weighted by molar-refractivity contribution is 7.89. The number of morpholine rings is 1. The number of ether oxygens (including phenoxy) is 1. The second kappa shape index (κ2) is 11.9. The molecule has 184 valence electrons. The van der Waals surface area contributed by atoms with Crippen molar-refractivity contribution in [3.05, 3.63) is 48.5 Å². The second-order valence-corrected chi connectivity index (χ2v) is 9.50. The van der Waals surface area contributed by atoms with E-state index in [1.165, 1.54) is 18.2 Å². The Morgan fingerprint density at radius 2 is 1.71 bits per heavy atom.